The zero-order valence-electron chi connectivity index (χ0n) is 15.5. The van der Waals surface area contributed by atoms with Crippen molar-refractivity contribution in [2.45, 2.75) is 45.1 Å². The van der Waals surface area contributed by atoms with Crippen LogP contribution in [-0.2, 0) is 0 Å². The van der Waals surface area contributed by atoms with Crippen LogP contribution in [0.25, 0.3) is 11.5 Å². The highest BCUT2D eigenvalue weighted by molar-refractivity contribution is 5.96. The Labute approximate surface area is 157 Å². The topological polar surface area (TPSA) is 117 Å². The van der Waals surface area contributed by atoms with E-state index in [1.165, 1.54) is 19.7 Å². The average Bonchev–Trinajstić information content (AvgIpc) is 2.70. The SMILES string of the molecule is COc1ccnc(-c2nc(O)c(O)c(C(=O)NC(C)C3CCCCC3)n2)c1. The summed E-state index contributed by atoms with van der Waals surface area (Å²) in [5, 5.41) is 22.9. The predicted octanol–water partition coefficient (Wildman–Crippen LogP) is 2.66. The molecule has 1 atom stereocenters. The van der Waals surface area contributed by atoms with Crippen molar-refractivity contribution in [1.82, 2.24) is 20.3 Å². The molecule has 2 aromatic heterocycles. The van der Waals surface area contributed by atoms with Crippen molar-refractivity contribution < 1.29 is 19.7 Å². The first kappa shape index (κ1) is 18.9. The standard InChI is InChI=1S/C19H24N4O4/c1-11(12-6-4-3-5-7-12)21-18(25)15-16(24)19(26)23-17(22-15)14-10-13(27-2)8-9-20-14/h8-12,24H,3-7H2,1-2H3,(H,21,25)(H,22,23,26). The van der Waals surface area contributed by atoms with E-state index in [1.54, 1.807) is 12.1 Å². The van der Waals surface area contributed by atoms with Gasteiger partial charge in [-0.05, 0) is 31.7 Å². The molecule has 0 bridgehead atoms. The molecule has 8 nitrogen and oxygen atoms in total. The molecule has 1 saturated carbocycles. The van der Waals surface area contributed by atoms with E-state index in [0.29, 0.717) is 17.4 Å². The van der Waals surface area contributed by atoms with Crippen LogP contribution in [0.3, 0.4) is 0 Å². The lowest BCUT2D eigenvalue weighted by Crippen LogP contribution is -2.39. The van der Waals surface area contributed by atoms with Crippen molar-refractivity contribution >= 4 is 5.91 Å². The summed E-state index contributed by atoms with van der Waals surface area (Å²) >= 11 is 0. The molecule has 2 aromatic rings. The number of aromatic hydroxyl groups is 2. The van der Waals surface area contributed by atoms with E-state index in [9.17, 15) is 15.0 Å². The third-order valence-electron chi connectivity index (χ3n) is 4.99. The number of hydrogen-bond acceptors (Lipinski definition) is 7. The van der Waals surface area contributed by atoms with Crippen molar-refractivity contribution in [1.29, 1.82) is 0 Å². The van der Waals surface area contributed by atoms with E-state index < -0.39 is 17.5 Å². The highest BCUT2D eigenvalue weighted by Crippen LogP contribution is 2.30. The quantitative estimate of drug-likeness (QED) is 0.738. The van der Waals surface area contributed by atoms with E-state index in [1.807, 2.05) is 6.92 Å². The zero-order chi connectivity index (χ0) is 19.4. The highest BCUT2D eigenvalue weighted by Gasteiger charge is 2.26. The molecule has 0 aliphatic heterocycles. The number of carbonyl (C=O) groups excluding carboxylic acids is 1. The molecule has 1 fully saturated rings. The maximum atomic E-state index is 12.7. The number of amides is 1. The smallest absolute Gasteiger partial charge is 0.274 e. The molecule has 1 aliphatic carbocycles. The van der Waals surface area contributed by atoms with Crippen molar-refractivity contribution in [3.05, 3.63) is 24.0 Å². The minimum absolute atomic E-state index is 0.0275. The van der Waals surface area contributed by atoms with Gasteiger partial charge in [0, 0.05) is 18.3 Å². The van der Waals surface area contributed by atoms with Crippen molar-refractivity contribution in [2.24, 2.45) is 5.92 Å². The maximum absolute atomic E-state index is 12.7. The molecule has 144 valence electrons. The Kier molecular flexibility index (Phi) is 5.73. The molecule has 27 heavy (non-hydrogen) atoms. The van der Waals surface area contributed by atoms with Crippen LogP contribution in [0.15, 0.2) is 18.3 Å². The summed E-state index contributed by atoms with van der Waals surface area (Å²) in [7, 11) is 1.51. The number of methoxy groups -OCH3 is 1. The van der Waals surface area contributed by atoms with Crippen LogP contribution in [-0.4, -0.2) is 44.2 Å². The van der Waals surface area contributed by atoms with Crippen LogP contribution < -0.4 is 10.1 Å². The van der Waals surface area contributed by atoms with Crippen LogP contribution in [0.4, 0.5) is 0 Å². The molecule has 1 aliphatic rings. The monoisotopic (exact) mass is 372 g/mol. The summed E-state index contributed by atoms with van der Waals surface area (Å²) in [6, 6.07) is 3.19. The fraction of sp³-hybridized carbons (Fsp3) is 0.474. The van der Waals surface area contributed by atoms with Gasteiger partial charge < -0.3 is 20.3 Å². The summed E-state index contributed by atoms with van der Waals surface area (Å²) in [5.74, 6) is -0.893. The predicted molar refractivity (Wildman–Crippen MR) is 98.6 cm³/mol. The van der Waals surface area contributed by atoms with Gasteiger partial charge in [-0.2, -0.15) is 4.98 Å². The molecule has 1 amide bonds. The second-order valence-electron chi connectivity index (χ2n) is 6.81. The van der Waals surface area contributed by atoms with Gasteiger partial charge in [0.25, 0.3) is 11.8 Å². The molecule has 1 unspecified atom stereocenters. The summed E-state index contributed by atoms with van der Waals surface area (Å²) in [5.41, 5.74) is 0.0452. The third kappa shape index (κ3) is 4.27. The third-order valence-corrected chi connectivity index (χ3v) is 4.99. The molecule has 0 saturated heterocycles. The van der Waals surface area contributed by atoms with Crippen molar-refractivity contribution in [3.8, 4) is 28.9 Å². The summed E-state index contributed by atoms with van der Waals surface area (Å²) in [6.07, 6.45) is 7.20. The summed E-state index contributed by atoms with van der Waals surface area (Å²) < 4.78 is 5.14. The van der Waals surface area contributed by atoms with E-state index in [4.69, 9.17) is 4.74 Å². The largest absolute Gasteiger partial charge is 0.501 e. The van der Waals surface area contributed by atoms with E-state index in [0.717, 1.165) is 25.7 Å². The molecule has 0 spiro atoms. The maximum Gasteiger partial charge on any atom is 0.274 e. The number of nitrogens with zero attached hydrogens (tertiary/aromatic N) is 3. The lowest BCUT2D eigenvalue weighted by Gasteiger charge is -2.28. The van der Waals surface area contributed by atoms with Gasteiger partial charge in [0.2, 0.25) is 5.75 Å². The van der Waals surface area contributed by atoms with Crippen molar-refractivity contribution in [2.75, 3.05) is 7.11 Å². The molecule has 8 heteroatoms. The van der Waals surface area contributed by atoms with Crippen molar-refractivity contribution in [3.63, 3.8) is 0 Å². The number of carbonyl (C=O) groups is 1. The number of aromatic nitrogens is 3. The van der Waals surface area contributed by atoms with Gasteiger partial charge in [-0.15, -0.1) is 0 Å². The Morgan fingerprint density at radius 2 is 2.00 bits per heavy atom. The Balaban J connectivity index is 1.85. The molecular weight excluding hydrogens is 348 g/mol. The molecule has 2 heterocycles. The number of ether oxygens (including phenoxy) is 1. The highest BCUT2D eigenvalue weighted by atomic mass is 16.5. The summed E-state index contributed by atoms with van der Waals surface area (Å²) in [6.45, 7) is 1.95. The average molecular weight is 372 g/mol. The first-order valence-corrected chi connectivity index (χ1v) is 9.11. The fourth-order valence-electron chi connectivity index (χ4n) is 3.40. The van der Waals surface area contributed by atoms with E-state index >= 15 is 0 Å². The van der Waals surface area contributed by atoms with Gasteiger partial charge >= 0.3 is 0 Å². The second kappa shape index (κ2) is 8.20. The Hall–Kier alpha value is -2.90. The number of hydrogen-bond donors (Lipinski definition) is 3. The lowest BCUT2D eigenvalue weighted by atomic mass is 9.84. The van der Waals surface area contributed by atoms with E-state index in [-0.39, 0.29) is 17.6 Å². The van der Waals surface area contributed by atoms with Crippen LogP contribution in [0.5, 0.6) is 17.4 Å². The normalized spacial score (nSPS) is 15.9. The number of pyridine rings is 1. The van der Waals surface area contributed by atoms with Crippen LogP contribution in [0.2, 0.25) is 0 Å². The Morgan fingerprint density at radius 3 is 2.70 bits per heavy atom. The van der Waals surface area contributed by atoms with E-state index in [2.05, 4.69) is 20.3 Å². The minimum atomic E-state index is -0.667. The van der Waals surface area contributed by atoms with Gasteiger partial charge in [0.05, 0.1) is 7.11 Å². The van der Waals surface area contributed by atoms with Gasteiger partial charge in [0.1, 0.15) is 11.4 Å². The number of rotatable bonds is 5. The van der Waals surface area contributed by atoms with Crippen LogP contribution >= 0.6 is 0 Å². The van der Waals surface area contributed by atoms with Gasteiger partial charge in [-0.1, -0.05) is 19.3 Å². The van der Waals surface area contributed by atoms with Gasteiger partial charge in [-0.3, -0.25) is 9.78 Å². The second-order valence-corrected chi connectivity index (χ2v) is 6.81. The molecule has 0 radical (unpaired) electrons. The summed E-state index contributed by atoms with van der Waals surface area (Å²) in [4.78, 5) is 24.7. The van der Waals surface area contributed by atoms with Gasteiger partial charge in [-0.25, -0.2) is 4.98 Å². The van der Waals surface area contributed by atoms with Crippen LogP contribution in [0.1, 0.15) is 49.5 Å². The number of nitrogens with one attached hydrogen (secondary N) is 1. The fourth-order valence-corrected chi connectivity index (χ4v) is 3.40. The first-order valence-electron chi connectivity index (χ1n) is 9.11. The lowest BCUT2D eigenvalue weighted by molar-refractivity contribution is 0.0910. The van der Waals surface area contributed by atoms with Crippen LogP contribution in [0, 0.1) is 5.92 Å². The molecule has 3 rings (SSSR count). The molecule has 0 aromatic carbocycles. The first-order chi connectivity index (χ1) is 13.0. The Bertz CT molecular complexity index is 821. The van der Waals surface area contributed by atoms with Gasteiger partial charge in [0.15, 0.2) is 11.5 Å². The minimum Gasteiger partial charge on any atom is -0.501 e. The molecule has 3 N–H and O–H groups in total. The zero-order valence-corrected chi connectivity index (χ0v) is 15.5. The Morgan fingerprint density at radius 1 is 1.26 bits per heavy atom. The molecular formula is C19H24N4O4.